The Morgan fingerprint density at radius 2 is 2.20 bits per heavy atom. The van der Waals surface area contributed by atoms with E-state index in [4.69, 9.17) is 0 Å². The van der Waals surface area contributed by atoms with Crippen LogP contribution >= 0.6 is 11.3 Å². The molecule has 2 aromatic heterocycles. The van der Waals surface area contributed by atoms with Crippen LogP contribution in [0.2, 0.25) is 0 Å². The molecule has 6 nitrogen and oxygen atoms in total. The predicted molar refractivity (Wildman–Crippen MR) is 97.6 cm³/mol. The first-order chi connectivity index (χ1) is 12.2. The van der Waals surface area contributed by atoms with Crippen molar-refractivity contribution in [1.82, 2.24) is 19.7 Å². The van der Waals surface area contributed by atoms with E-state index in [-0.39, 0.29) is 23.6 Å². The van der Waals surface area contributed by atoms with Crippen LogP contribution in [0.5, 0.6) is 0 Å². The summed E-state index contributed by atoms with van der Waals surface area (Å²) in [5, 5.41) is 9.49. The summed E-state index contributed by atoms with van der Waals surface area (Å²) in [5.74, 6) is 0.899. The number of thiophene rings is 1. The van der Waals surface area contributed by atoms with Gasteiger partial charge < -0.3 is 5.32 Å². The standard InChI is InChI=1S/C18H22N4O2S/c23-17(13-5-2-1-3-6-13)19-10-11-21-18(24)22(14-8-9-14)16(20-21)15-7-4-12-25-15/h1-2,4,7,12-14H,3,5-6,8-11H2,(H,19,23)/t13-/m0/s1. The summed E-state index contributed by atoms with van der Waals surface area (Å²) in [6, 6.07) is 4.25. The molecule has 0 bridgehead atoms. The van der Waals surface area contributed by atoms with Crippen LogP contribution in [-0.4, -0.2) is 26.8 Å². The summed E-state index contributed by atoms with van der Waals surface area (Å²) < 4.78 is 3.31. The second-order valence-electron chi connectivity index (χ2n) is 6.68. The first kappa shape index (κ1) is 16.3. The molecular weight excluding hydrogens is 336 g/mol. The van der Waals surface area contributed by atoms with E-state index in [1.165, 1.54) is 4.68 Å². The van der Waals surface area contributed by atoms with E-state index in [1.807, 2.05) is 22.1 Å². The van der Waals surface area contributed by atoms with Gasteiger partial charge >= 0.3 is 5.69 Å². The van der Waals surface area contributed by atoms with Crippen molar-refractivity contribution in [2.75, 3.05) is 6.54 Å². The second-order valence-corrected chi connectivity index (χ2v) is 7.63. The van der Waals surface area contributed by atoms with E-state index in [2.05, 4.69) is 22.6 Å². The molecule has 0 unspecified atom stereocenters. The molecular formula is C18H22N4O2S. The summed E-state index contributed by atoms with van der Waals surface area (Å²) >= 11 is 1.59. The molecule has 2 heterocycles. The third-order valence-corrected chi connectivity index (χ3v) is 5.65. The average Bonchev–Trinajstić information content (AvgIpc) is 3.21. The highest BCUT2D eigenvalue weighted by molar-refractivity contribution is 7.13. The molecule has 7 heteroatoms. The van der Waals surface area contributed by atoms with Crippen molar-refractivity contribution in [2.24, 2.45) is 5.92 Å². The maximum absolute atomic E-state index is 12.7. The molecule has 25 heavy (non-hydrogen) atoms. The fraction of sp³-hybridized carbons (Fsp3) is 0.500. The summed E-state index contributed by atoms with van der Waals surface area (Å²) in [4.78, 5) is 25.9. The third-order valence-electron chi connectivity index (χ3n) is 4.79. The minimum absolute atomic E-state index is 0.0624. The highest BCUT2D eigenvalue weighted by Gasteiger charge is 2.30. The van der Waals surface area contributed by atoms with Gasteiger partial charge in [0.05, 0.1) is 11.4 Å². The van der Waals surface area contributed by atoms with Crippen molar-refractivity contribution in [3.05, 3.63) is 40.1 Å². The molecule has 4 rings (SSSR count). The van der Waals surface area contributed by atoms with Crippen molar-refractivity contribution >= 4 is 17.2 Å². The van der Waals surface area contributed by atoms with Gasteiger partial charge in [-0.25, -0.2) is 9.48 Å². The molecule has 0 aliphatic heterocycles. The summed E-state index contributed by atoms with van der Waals surface area (Å²) in [6.07, 6.45) is 8.95. The molecule has 1 fully saturated rings. The van der Waals surface area contributed by atoms with Crippen LogP contribution in [0.15, 0.2) is 34.5 Å². The van der Waals surface area contributed by atoms with Gasteiger partial charge in [-0.3, -0.25) is 9.36 Å². The Balaban J connectivity index is 1.44. The Kier molecular flexibility index (Phi) is 4.57. The van der Waals surface area contributed by atoms with Gasteiger partial charge in [0, 0.05) is 18.5 Å². The molecule has 1 atom stereocenters. The van der Waals surface area contributed by atoms with Gasteiger partial charge in [0.25, 0.3) is 0 Å². The van der Waals surface area contributed by atoms with E-state index in [9.17, 15) is 9.59 Å². The Bertz CT molecular complexity index is 830. The molecule has 2 aliphatic carbocycles. The van der Waals surface area contributed by atoms with Crippen LogP contribution in [0.1, 0.15) is 38.1 Å². The quantitative estimate of drug-likeness (QED) is 0.807. The van der Waals surface area contributed by atoms with Gasteiger partial charge in [-0.05, 0) is 43.6 Å². The number of nitrogens with zero attached hydrogens (tertiary/aromatic N) is 3. The number of nitrogens with one attached hydrogen (secondary N) is 1. The zero-order valence-electron chi connectivity index (χ0n) is 14.1. The van der Waals surface area contributed by atoms with E-state index in [1.54, 1.807) is 11.3 Å². The molecule has 2 aromatic rings. The average molecular weight is 358 g/mol. The smallest absolute Gasteiger partial charge is 0.346 e. The van der Waals surface area contributed by atoms with Crippen LogP contribution in [-0.2, 0) is 11.3 Å². The van der Waals surface area contributed by atoms with Crippen molar-refractivity contribution in [1.29, 1.82) is 0 Å². The van der Waals surface area contributed by atoms with Crippen molar-refractivity contribution in [3.8, 4) is 10.7 Å². The van der Waals surface area contributed by atoms with Crippen LogP contribution in [0.4, 0.5) is 0 Å². The molecule has 1 saturated carbocycles. The van der Waals surface area contributed by atoms with Crippen molar-refractivity contribution < 1.29 is 4.79 Å². The Morgan fingerprint density at radius 3 is 2.88 bits per heavy atom. The van der Waals surface area contributed by atoms with Crippen molar-refractivity contribution in [2.45, 2.75) is 44.7 Å². The lowest BCUT2D eigenvalue weighted by molar-refractivity contribution is -0.125. The zero-order valence-corrected chi connectivity index (χ0v) is 14.9. The molecule has 2 aliphatic rings. The summed E-state index contributed by atoms with van der Waals surface area (Å²) in [6.45, 7) is 0.843. The minimum atomic E-state index is -0.0688. The molecule has 1 N–H and O–H groups in total. The molecule has 0 spiro atoms. The van der Waals surface area contributed by atoms with Gasteiger partial charge in [-0.15, -0.1) is 16.4 Å². The largest absolute Gasteiger partial charge is 0.354 e. The third kappa shape index (κ3) is 3.46. The first-order valence-electron chi connectivity index (χ1n) is 8.90. The first-order valence-corrected chi connectivity index (χ1v) is 9.78. The molecule has 0 saturated heterocycles. The lowest BCUT2D eigenvalue weighted by Crippen LogP contribution is -2.35. The lowest BCUT2D eigenvalue weighted by Gasteiger charge is -2.16. The Morgan fingerprint density at radius 1 is 1.32 bits per heavy atom. The predicted octanol–water partition coefficient (Wildman–Crippen LogP) is 2.58. The van der Waals surface area contributed by atoms with Gasteiger partial charge in [-0.1, -0.05) is 18.2 Å². The number of carbonyl (C=O) groups excluding carboxylic acids is 1. The maximum Gasteiger partial charge on any atom is 0.346 e. The molecule has 1 amide bonds. The highest BCUT2D eigenvalue weighted by atomic mass is 32.1. The van der Waals surface area contributed by atoms with Crippen LogP contribution in [0.25, 0.3) is 10.7 Å². The van der Waals surface area contributed by atoms with E-state index < -0.39 is 0 Å². The number of rotatable bonds is 6. The fourth-order valence-electron chi connectivity index (χ4n) is 3.26. The van der Waals surface area contributed by atoms with Gasteiger partial charge in [0.2, 0.25) is 5.91 Å². The molecule has 0 radical (unpaired) electrons. The number of carbonyl (C=O) groups is 1. The lowest BCUT2D eigenvalue weighted by atomic mass is 9.94. The number of hydrogen-bond donors (Lipinski definition) is 1. The zero-order chi connectivity index (χ0) is 17.2. The van der Waals surface area contributed by atoms with Crippen LogP contribution in [0.3, 0.4) is 0 Å². The number of amides is 1. The maximum atomic E-state index is 12.7. The van der Waals surface area contributed by atoms with Gasteiger partial charge in [-0.2, -0.15) is 0 Å². The van der Waals surface area contributed by atoms with Gasteiger partial charge in [0.15, 0.2) is 5.82 Å². The van der Waals surface area contributed by atoms with E-state index in [0.717, 1.165) is 42.8 Å². The molecule has 132 valence electrons. The number of aromatic nitrogens is 3. The number of hydrogen-bond acceptors (Lipinski definition) is 4. The Hall–Kier alpha value is -2.15. The monoisotopic (exact) mass is 358 g/mol. The molecule has 0 aromatic carbocycles. The topological polar surface area (TPSA) is 68.9 Å². The van der Waals surface area contributed by atoms with E-state index in [0.29, 0.717) is 13.1 Å². The van der Waals surface area contributed by atoms with Gasteiger partial charge in [0.1, 0.15) is 0 Å². The van der Waals surface area contributed by atoms with Crippen LogP contribution in [0, 0.1) is 5.92 Å². The second kappa shape index (κ2) is 7.00. The summed E-state index contributed by atoms with van der Waals surface area (Å²) in [5.41, 5.74) is -0.0688. The van der Waals surface area contributed by atoms with E-state index >= 15 is 0 Å². The van der Waals surface area contributed by atoms with Crippen LogP contribution < -0.4 is 11.0 Å². The Labute approximate surface area is 150 Å². The normalized spacial score (nSPS) is 19.9. The minimum Gasteiger partial charge on any atom is -0.354 e. The summed E-state index contributed by atoms with van der Waals surface area (Å²) in [7, 11) is 0. The van der Waals surface area contributed by atoms with Crippen molar-refractivity contribution in [3.63, 3.8) is 0 Å². The SMILES string of the molecule is O=C(NCCn1nc(-c2cccs2)n(C2CC2)c1=O)[C@H]1CC=CCC1. The fourth-order valence-corrected chi connectivity index (χ4v) is 3.97. The highest BCUT2D eigenvalue weighted by Crippen LogP contribution is 2.37. The number of allylic oxidation sites excluding steroid dienone is 2.